The number of rotatable bonds is 3. The molecule has 1 aliphatic rings. The maximum atomic E-state index is 6.20. The third-order valence-corrected chi connectivity index (χ3v) is 4.69. The van der Waals surface area contributed by atoms with E-state index in [1.165, 1.54) is 12.8 Å². The Kier molecular flexibility index (Phi) is 4.93. The molecule has 0 amide bonds. The quantitative estimate of drug-likeness (QED) is 0.838. The number of aromatic nitrogens is 2. The lowest BCUT2D eigenvalue weighted by Crippen LogP contribution is -2.33. The Bertz CT molecular complexity index is 697. The first-order valence-corrected chi connectivity index (χ1v) is 8.59. The number of anilines is 3. The molecule has 1 saturated heterocycles. The van der Waals surface area contributed by atoms with Gasteiger partial charge in [-0.15, -0.1) is 0 Å². The predicted molar refractivity (Wildman–Crippen MR) is 97.1 cm³/mol. The van der Waals surface area contributed by atoms with Crippen molar-refractivity contribution in [3.05, 3.63) is 40.0 Å². The number of nitrogens with zero attached hydrogens (tertiary/aromatic N) is 3. The van der Waals surface area contributed by atoms with Crippen LogP contribution in [0.5, 0.6) is 0 Å². The standard InChI is InChI=1S/C17H20Cl2N4/c1-11-5-7-23(8-6-11)16-9-12(2)20-17(22-16)21-15-10-13(18)3-4-14(15)19/h3-4,9-11H,5-8H2,1-2H3,(H,20,21,22). The molecule has 1 aromatic heterocycles. The van der Waals surface area contributed by atoms with Crippen LogP contribution < -0.4 is 10.2 Å². The highest BCUT2D eigenvalue weighted by atomic mass is 35.5. The highest BCUT2D eigenvalue weighted by molar-refractivity contribution is 6.35. The Labute approximate surface area is 146 Å². The minimum Gasteiger partial charge on any atom is -0.356 e. The van der Waals surface area contributed by atoms with Gasteiger partial charge in [-0.3, -0.25) is 0 Å². The fourth-order valence-electron chi connectivity index (χ4n) is 2.72. The molecule has 23 heavy (non-hydrogen) atoms. The highest BCUT2D eigenvalue weighted by Gasteiger charge is 2.18. The Morgan fingerprint density at radius 2 is 1.87 bits per heavy atom. The predicted octanol–water partition coefficient (Wildman–Crippen LogP) is 5.07. The van der Waals surface area contributed by atoms with Gasteiger partial charge in [0.05, 0.1) is 10.7 Å². The van der Waals surface area contributed by atoms with Crippen molar-refractivity contribution < 1.29 is 0 Å². The van der Waals surface area contributed by atoms with Crippen LogP contribution >= 0.6 is 23.2 Å². The second-order valence-electron chi connectivity index (χ2n) is 6.11. The number of aryl methyl sites for hydroxylation is 1. The Morgan fingerprint density at radius 1 is 1.13 bits per heavy atom. The van der Waals surface area contributed by atoms with Crippen LogP contribution in [-0.4, -0.2) is 23.1 Å². The van der Waals surface area contributed by atoms with E-state index in [1.54, 1.807) is 18.2 Å². The molecule has 122 valence electrons. The zero-order valence-corrected chi connectivity index (χ0v) is 14.8. The number of benzene rings is 1. The first-order valence-electron chi connectivity index (χ1n) is 7.84. The summed E-state index contributed by atoms with van der Waals surface area (Å²) in [6.07, 6.45) is 2.40. The number of hydrogen-bond acceptors (Lipinski definition) is 4. The summed E-state index contributed by atoms with van der Waals surface area (Å²) in [6, 6.07) is 7.32. The van der Waals surface area contributed by atoms with Crippen LogP contribution in [0.15, 0.2) is 24.3 Å². The summed E-state index contributed by atoms with van der Waals surface area (Å²) in [5.41, 5.74) is 1.64. The van der Waals surface area contributed by atoms with E-state index in [9.17, 15) is 0 Å². The van der Waals surface area contributed by atoms with Gasteiger partial charge in [-0.05, 0) is 43.9 Å². The minimum absolute atomic E-state index is 0.544. The number of nitrogens with one attached hydrogen (secondary N) is 1. The Balaban J connectivity index is 1.84. The Morgan fingerprint density at radius 3 is 2.61 bits per heavy atom. The average Bonchev–Trinajstić information content (AvgIpc) is 2.51. The largest absolute Gasteiger partial charge is 0.356 e. The van der Waals surface area contributed by atoms with Gasteiger partial charge in [-0.2, -0.15) is 4.98 Å². The first-order chi connectivity index (χ1) is 11.0. The lowest BCUT2D eigenvalue weighted by molar-refractivity contribution is 0.436. The first kappa shape index (κ1) is 16.3. The van der Waals surface area contributed by atoms with Crippen molar-refractivity contribution in [3.8, 4) is 0 Å². The number of hydrogen-bond donors (Lipinski definition) is 1. The lowest BCUT2D eigenvalue weighted by atomic mass is 9.99. The molecule has 1 fully saturated rings. The van der Waals surface area contributed by atoms with Crippen LogP contribution in [0.4, 0.5) is 17.5 Å². The van der Waals surface area contributed by atoms with E-state index in [-0.39, 0.29) is 0 Å². The van der Waals surface area contributed by atoms with Crippen LogP contribution in [-0.2, 0) is 0 Å². The number of halogens is 2. The van der Waals surface area contributed by atoms with Crippen LogP contribution in [0.1, 0.15) is 25.5 Å². The average molecular weight is 351 g/mol. The van der Waals surface area contributed by atoms with Gasteiger partial charge in [0.1, 0.15) is 5.82 Å². The maximum absolute atomic E-state index is 6.20. The van der Waals surface area contributed by atoms with Crippen molar-refractivity contribution in [1.29, 1.82) is 0 Å². The van der Waals surface area contributed by atoms with E-state index in [1.807, 2.05) is 13.0 Å². The molecular weight excluding hydrogens is 331 g/mol. The molecule has 0 unspecified atom stereocenters. The molecular formula is C17H20Cl2N4. The second kappa shape index (κ2) is 6.93. The normalized spacial score (nSPS) is 15.7. The van der Waals surface area contributed by atoms with Crippen molar-refractivity contribution in [2.24, 2.45) is 5.92 Å². The van der Waals surface area contributed by atoms with Gasteiger partial charge in [0.2, 0.25) is 5.95 Å². The summed E-state index contributed by atoms with van der Waals surface area (Å²) in [4.78, 5) is 11.4. The van der Waals surface area contributed by atoms with E-state index in [2.05, 4.69) is 27.1 Å². The molecule has 6 heteroatoms. The molecule has 0 atom stereocenters. The second-order valence-corrected chi connectivity index (χ2v) is 6.95. The third kappa shape index (κ3) is 4.06. The minimum atomic E-state index is 0.544. The molecule has 0 spiro atoms. The molecule has 1 N–H and O–H groups in total. The van der Waals surface area contributed by atoms with Crippen molar-refractivity contribution in [2.45, 2.75) is 26.7 Å². The van der Waals surface area contributed by atoms with Gasteiger partial charge in [0, 0.05) is 29.9 Å². The molecule has 2 heterocycles. The maximum Gasteiger partial charge on any atom is 0.229 e. The van der Waals surface area contributed by atoms with E-state index >= 15 is 0 Å². The summed E-state index contributed by atoms with van der Waals surface area (Å²) >= 11 is 12.2. The smallest absolute Gasteiger partial charge is 0.229 e. The van der Waals surface area contributed by atoms with Gasteiger partial charge in [0.15, 0.2) is 0 Å². The summed E-state index contributed by atoms with van der Waals surface area (Å²) in [7, 11) is 0. The zero-order chi connectivity index (χ0) is 16.4. The molecule has 1 aliphatic heterocycles. The van der Waals surface area contributed by atoms with Gasteiger partial charge in [-0.1, -0.05) is 30.1 Å². The zero-order valence-electron chi connectivity index (χ0n) is 13.3. The van der Waals surface area contributed by atoms with E-state index < -0.39 is 0 Å². The Hall–Kier alpha value is -1.52. The van der Waals surface area contributed by atoms with Gasteiger partial charge in [0.25, 0.3) is 0 Å². The topological polar surface area (TPSA) is 41.1 Å². The van der Waals surface area contributed by atoms with E-state index in [4.69, 9.17) is 23.2 Å². The summed E-state index contributed by atoms with van der Waals surface area (Å²) in [5, 5.41) is 4.39. The third-order valence-electron chi connectivity index (χ3n) is 4.12. The van der Waals surface area contributed by atoms with Crippen molar-refractivity contribution in [3.63, 3.8) is 0 Å². The highest BCUT2D eigenvalue weighted by Crippen LogP contribution is 2.28. The molecule has 0 radical (unpaired) electrons. The van der Waals surface area contributed by atoms with Crippen LogP contribution in [0.3, 0.4) is 0 Å². The molecule has 3 rings (SSSR count). The molecule has 0 aliphatic carbocycles. The molecule has 0 saturated carbocycles. The lowest BCUT2D eigenvalue weighted by Gasteiger charge is -2.31. The van der Waals surface area contributed by atoms with Crippen molar-refractivity contribution in [1.82, 2.24) is 9.97 Å². The van der Waals surface area contributed by atoms with Gasteiger partial charge < -0.3 is 10.2 Å². The fourth-order valence-corrected chi connectivity index (χ4v) is 3.06. The summed E-state index contributed by atoms with van der Waals surface area (Å²) in [6.45, 7) is 6.35. The van der Waals surface area contributed by atoms with Crippen LogP contribution in [0.2, 0.25) is 10.0 Å². The SMILES string of the molecule is Cc1cc(N2CCC(C)CC2)nc(Nc2cc(Cl)ccc2Cl)n1. The monoisotopic (exact) mass is 350 g/mol. The van der Waals surface area contributed by atoms with Crippen LogP contribution in [0.25, 0.3) is 0 Å². The van der Waals surface area contributed by atoms with Crippen molar-refractivity contribution >= 4 is 40.7 Å². The fraction of sp³-hybridized carbons (Fsp3) is 0.412. The van der Waals surface area contributed by atoms with E-state index in [0.717, 1.165) is 30.5 Å². The van der Waals surface area contributed by atoms with E-state index in [0.29, 0.717) is 21.7 Å². The molecule has 4 nitrogen and oxygen atoms in total. The number of piperidine rings is 1. The van der Waals surface area contributed by atoms with Crippen molar-refractivity contribution in [2.75, 3.05) is 23.3 Å². The summed E-state index contributed by atoms with van der Waals surface area (Å²) in [5.74, 6) is 2.30. The van der Waals surface area contributed by atoms with Gasteiger partial charge >= 0.3 is 0 Å². The molecule has 2 aromatic rings. The summed E-state index contributed by atoms with van der Waals surface area (Å²) < 4.78 is 0. The van der Waals surface area contributed by atoms with Crippen LogP contribution in [0, 0.1) is 12.8 Å². The molecule has 1 aromatic carbocycles. The van der Waals surface area contributed by atoms with Gasteiger partial charge in [-0.25, -0.2) is 4.98 Å². The molecule has 0 bridgehead atoms.